The number of carbonyl (C=O) groups excluding carboxylic acids is 1. The number of alkyl carbamates (subject to hydrolysis) is 1. The predicted molar refractivity (Wildman–Crippen MR) is 87.8 cm³/mol. The molecular weight excluding hydrogens is 238 g/mol. The van der Waals surface area contributed by atoms with Gasteiger partial charge in [0.05, 0.1) is 0 Å². The monoisotopic (exact) mass is 277 g/mol. The maximum absolute atomic E-state index is 11.3. The first-order valence-corrected chi connectivity index (χ1v) is 7.88. The van der Waals surface area contributed by atoms with Crippen molar-refractivity contribution in [1.29, 1.82) is 0 Å². The van der Waals surface area contributed by atoms with Crippen LogP contribution in [-0.2, 0) is 4.74 Å². The number of hydrogen-bond donors (Lipinski definition) is 1. The van der Waals surface area contributed by atoms with Crippen LogP contribution in [0.4, 0.5) is 4.79 Å². The van der Waals surface area contributed by atoms with Gasteiger partial charge in [-0.15, -0.1) is 0 Å². The standard InChI is InChI=1S/C10H21NO2.3C2H6/c1-6-8(7-2)11-9(12)13-10(3,4)5;3*1-2/h8H,6-7H2,1-5H3,(H,11,12);3*1-2H3. The zero-order valence-electron chi connectivity index (χ0n) is 15.3. The van der Waals surface area contributed by atoms with Gasteiger partial charge in [0.25, 0.3) is 0 Å². The molecule has 0 aliphatic carbocycles. The van der Waals surface area contributed by atoms with Crippen molar-refractivity contribution in [2.45, 2.75) is 101 Å². The second kappa shape index (κ2) is 19.6. The van der Waals surface area contributed by atoms with Gasteiger partial charge >= 0.3 is 6.09 Å². The minimum Gasteiger partial charge on any atom is -0.444 e. The molecule has 19 heavy (non-hydrogen) atoms. The van der Waals surface area contributed by atoms with Gasteiger partial charge in [0, 0.05) is 6.04 Å². The van der Waals surface area contributed by atoms with E-state index < -0.39 is 5.60 Å². The summed E-state index contributed by atoms with van der Waals surface area (Å²) >= 11 is 0. The van der Waals surface area contributed by atoms with Crippen LogP contribution in [0.2, 0.25) is 0 Å². The van der Waals surface area contributed by atoms with E-state index in [9.17, 15) is 4.79 Å². The summed E-state index contributed by atoms with van der Waals surface area (Å²) in [5.41, 5.74) is -0.407. The fraction of sp³-hybridized carbons (Fsp3) is 0.938. The lowest BCUT2D eigenvalue weighted by Gasteiger charge is -2.22. The second-order valence-electron chi connectivity index (χ2n) is 4.16. The molecule has 0 aromatic carbocycles. The van der Waals surface area contributed by atoms with Gasteiger partial charge in [-0.2, -0.15) is 0 Å². The highest BCUT2D eigenvalue weighted by molar-refractivity contribution is 5.68. The minimum absolute atomic E-state index is 0.231. The molecular formula is C16H39NO2. The van der Waals surface area contributed by atoms with Crippen LogP contribution in [0.25, 0.3) is 0 Å². The largest absolute Gasteiger partial charge is 0.444 e. The first-order valence-electron chi connectivity index (χ1n) is 7.88. The van der Waals surface area contributed by atoms with Crippen molar-refractivity contribution in [3.05, 3.63) is 0 Å². The third kappa shape index (κ3) is 26.7. The van der Waals surface area contributed by atoms with Gasteiger partial charge in [0.2, 0.25) is 0 Å². The molecule has 3 heteroatoms. The summed E-state index contributed by atoms with van der Waals surface area (Å²) in [6.07, 6.45) is 1.56. The van der Waals surface area contributed by atoms with Crippen molar-refractivity contribution in [3.63, 3.8) is 0 Å². The van der Waals surface area contributed by atoms with Gasteiger partial charge in [0.15, 0.2) is 0 Å². The van der Waals surface area contributed by atoms with Crippen molar-refractivity contribution in [2.24, 2.45) is 0 Å². The van der Waals surface area contributed by atoms with E-state index in [1.54, 1.807) is 0 Å². The number of rotatable bonds is 3. The lowest BCUT2D eigenvalue weighted by Crippen LogP contribution is -2.38. The quantitative estimate of drug-likeness (QED) is 0.710. The molecule has 0 radical (unpaired) electrons. The molecule has 1 amide bonds. The van der Waals surface area contributed by atoms with E-state index in [-0.39, 0.29) is 12.1 Å². The number of nitrogens with one attached hydrogen (secondary N) is 1. The van der Waals surface area contributed by atoms with Gasteiger partial charge in [-0.25, -0.2) is 4.79 Å². The van der Waals surface area contributed by atoms with Crippen LogP contribution in [-0.4, -0.2) is 17.7 Å². The van der Waals surface area contributed by atoms with Crippen LogP contribution < -0.4 is 5.32 Å². The molecule has 120 valence electrons. The third-order valence-electron chi connectivity index (χ3n) is 1.71. The topological polar surface area (TPSA) is 38.3 Å². The summed E-state index contributed by atoms with van der Waals surface area (Å²) in [6, 6.07) is 0.231. The van der Waals surface area contributed by atoms with E-state index >= 15 is 0 Å². The van der Waals surface area contributed by atoms with Crippen LogP contribution in [0.15, 0.2) is 0 Å². The summed E-state index contributed by atoms with van der Waals surface area (Å²) in [5, 5.41) is 2.81. The molecule has 0 fully saturated rings. The highest BCUT2D eigenvalue weighted by Crippen LogP contribution is 2.07. The van der Waals surface area contributed by atoms with E-state index in [1.165, 1.54) is 0 Å². The van der Waals surface area contributed by atoms with E-state index in [2.05, 4.69) is 5.32 Å². The summed E-state index contributed by atoms with van der Waals surface area (Å²) in [5.74, 6) is 0. The van der Waals surface area contributed by atoms with Gasteiger partial charge in [-0.05, 0) is 33.6 Å². The van der Waals surface area contributed by atoms with Gasteiger partial charge in [-0.1, -0.05) is 55.4 Å². The molecule has 0 unspecified atom stereocenters. The Balaban J connectivity index is -0.000000163. The van der Waals surface area contributed by atoms with Gasteiger partial charge < -0.3 is 10.1 Å². The lowest BCUT2D eigenvalue weighted by molar-refractivity contribution is 0.0501. The van der Waals surface area contributed by atoms with E-state index in [0.717, 1.165) is 12.8 Å². The maximum atomic E-state index is 11.3. The molecule has 0 heterocycles. The SMILES string of the molecule is CC.CC.CC.CCC(CC)NC(=O)OC(C)(C)C. The first-order chi connectivity index (χ1) is 8.89. The van der Waals surface area contributed by atoms with Gasteiger partial charge in [-0.3, -0.25) is 0 Å². The molecule has 0 saturated carbocycles. The molecule has 0 aliphatic rings. The molecule has 0 bridgehead atoms. The normalized spacial score (nSPS) is 8.84. The summed E-state index contributed by atoms with van der Waals surface area (Å²) in [4.78, 5) is 11.3. The number of carbonyl (C=O) groups is 1. The molecule has 1 N–H and O–H groups in total. The van der Waals surface area contributed by atoms with Crippen LogP contribution in [0.1, 0.15) is 89.0 Å². The molecule has 0 spiro atoms. The van der Waals surface area contributed by atoms with Gasteiger partial charge in [0.1, 0.15) is 5.60 Å². The predicted octanol–water partition coefficient (Wildman–Crippen LogP) is 5.78. The zero-order valence-corrected chi connectivity index (χ0v) is 15.3. The third-order valence-corrected chi connectivity index (χ3v) is 1.71. The summed E-state index contributed by atoms with van der Waals surface area (Å²) in [7, 11) is 0. The average Bonchev–Trinajstić information content (AvgIpc) is 2.41. The Kier molecular flexibility index (Phi) is 27.6. The second-order valence-corrected chi connectivity index (χ2v) is 4.16. The van der Waals surface area contributed by atoms with Crippen molar-refractivity contribution in [1.82, 2.24) is 5.32 Å². The van der Waals surface area contributed by atoms with E-state index in [1.807, 2.05) is 76.2 Å². The Hall–Kier alpha value is -0.730. The molecule has 0 aromatic rings. The highest BCUT2D eigenvalue weighted by Gasteiger charge is 2.17. The first kappa shape index (κ1) is 26.8. The Labute approximate surface area is 122 Å². The van der Waals surface area contributed by atoms with Crippen molar-refractivity contribution in [2.75, 3.05) is 0 Å². The van der Waals surface area contributed by atoms with E-state index in [4.69, 9.17) is 4.74 Å². The van der Waals surface area contributed by atoms with Crippen LogP contribution in [0.5, 0.6) is 0 Å². The number of hydrogen-bond acceptors (Lipinski definition) is 2. The molecule has 0 saturated heterocycles. The van der Waals surface area contributed by atoms with E-state index in [0.29, 0.717) is 0 Å². The van der Waals surface area contributed by atoms with Crippen molar-refractivity contribution in [3.8, 4) is 0 Å². The molecule has 0 rings (SSSR count). The molecule has 0 atom stereocenters. The highest BCUT2D eigenvalue weighted by atomic mass is 16.6. The average molecular weight is 277 g/mol. The fourth-order valence-electron chi connectivity index (χ4n) is 0.967. The Morgan fingerprint density at radius 1 is 0.947 bits per heavy atom. The van der Waals surface area contributed by atoms with Crippen LogP contribution in [0.3, 0.4) is 0 Å². The van der Waals surface area contributed by atoms with Crippen LogP contribution >= 0.6 is 0 Å². The van der Waals surface area contributed by atoms with Crippen LogP contribution in [0, 0.1) is 0 Å². The number of amides is 1. The zero-order chi connectivity index (χ0) is 16.5. The van der Waals surface area contributed by atoms with Crippen molar-refractivity contribution >= 4 is 6.09 Å². The molecule has 0 aliphatic heterocycles. The van der Waals surface area contributed by atoms with Crippen molar-refractivity contribution < 1.29 is 9.53 Å². The molecule has 0 aromatic heterocycles. The summed E-state index contributed by atoms with van der Waals surface area (Å²) in [6.45, 7) is 21.7. The Morgan fingerprint density at radius 3 is 1.47 bits per heavy atom. The fourth-order valence-corrected chi connectivity index (χ4v) is 0.967. The lowest BCUT2D eigenvalue weighted by atomic mass is 10.2. The summed E-state index contributed by atoms with van der Waals surface area (Å²) < 4.78 is 5.12. The molecule has 3 nitrogen and oxygen atoms in total. The minimum atomic E-state index is -0.407. The Morgan fingerprint density at radius 2 is 1.26 bits per heavy atom. The maximum Gasteiger partial charge on any atom is 0.407 e. The smallest absolute Gasteiger partial charge is 0.407 e. The Bertz CT molecular complexity index is 159. The number of ether oxygens (including phenoxy) is 1.